The summed E-state index contributed by atoms with van der Waals surface area (Å²) in [7, 11) is -4.12. The van der Waals surface area contributed by atoms with E-state index in [9.17, 15) is 18.6 Å². The number of aliphatic hydroxyl groups is 2. The monoisotopic (exact) mass is 442 g/mol. The lowest BCUT2D eigenvalue weighted by Gasteiger charge is -2.27. The molecular formula is C18H16Cl2N2O5S. The third-order valence-electron chi connectivity index (χ3n) is 4.44. The molecule has 10 heteroatoms. The van der Waals surface area contributed by atoms with Gasteiger partial charge in [0.1, 0.15) is 17.5 Å². The summed E-state index contributed by atoms with van der Waals surface area (Å²) in [6.45, 7) is 5.92. The highest BCUT2D eigenvalue weighted by molar-refractivity contribution is 7.89. The Morgan fingerprint density at radius 3 is 2.46 bits per heavy atom. The zero-order valence-corrected chi connectivity index (χ0v) is 16.7. The van der Waals surface area contributed by atoms with Crippen LogP contribution in [0.3, 0.4) is 0 Å². The second-order valence-electron chi connectivity index (χ2n) is 6.34. The average molecular weight is 443 g/mol. The minimum absolute atomic E-state index is 0.123. The standard InChI is InChI=1S/C18H16Cl2N2O5S/c1-21-15-8-13(20)4-7-16(15)28(25,26)22-9-17(18(24,10-22)11-23)27-14-5-2-12(19)3-6-14/h2-8,17,23-24H,9-11H2/t17-,18-/m0/s1. The summed E-state index contributed by atoms with van der Waals surface area (Å²) in [6.07, 6.45) is -1.02. The number of rotatable bonds is 5. The minimum Gasteiger partial charge on any atom is -0.486 e. The number of hydrogen-bond acceptors (Lipinski definition) is 5. The van der Waals surface area contributed by atoms with E-state index >= 15 is 0 Å². The van der Waals surface area contributed by atoms with Crippen LogP contribution in [0, 0.1) is 6.57 Å². The zero-order chi connectivity index (χ0) is 20.5. The van der Waals surface area contributed by atoms with Crippen molar-refractivity contribution in [3.8, 4) is 5.75 Å². The van der Waals surface area contributed by atoms with Gasteiger partial charge in [-0.05, 0) is 36.4 Å². The summed E-state index contributed by atoms with van der Waals surface area (Å²) in [6, 6.07) is 10.2. The molecule has 1 aliphatic rings. The number of ether oxygens (including phenoxy) is 1. The molecule has 148 valence electrons. The first-order valence-corrected chi connectivity index (χ1v) is 10.3. The van der Waals surface area contributed by atoms with Crippen LogP contribution in [0.2, 0.25) is 10.0 Å². The molecule has 0 amide bonds. The van der Waals surface area contributed by atoms with Crippen molar-refractivity contribution in [2.45, 2.75) is 16.6 Å². The van der Waals surface area contributed by atoms with Gasteiger partial charge in [-0.25, -0.2) is 13.3 Å². The number of halogens is 2. The van der Waals surface area contributed by atoms with Crippen LogP contribution in [0.15, 0.2) is 47.4 Å². The molecule has 1 aliphatic heterocycles. The number of β-amino-alcohol motifs (C(OH)–C–C–N with tert-alkyl or cyclic N) is 1. The molecule has 28 heavy (non-hydrogen) atoms. The summed E-state index contributed by atoms with van der Waals surface area (Å²) in [5, 5.41) is 21.1. The van der Waals surface area contributed by atoms with Crippen LogP contribution in [0.5, 0.6) is 5.75 Å². The van der Waals surface area contributed by atoms with Crippen LogP contribution in [0.4, 0.5) is 5.69 Å². The maximum atomic E-state index is 13.0. The molecule has 0 aliphatic carbocycles. The second-order valence-corrected chi connectivity index (χ2v) is 9.12. The van der Waals surface area contributed by atoms with Gasteiger partial charge in [0.05, 0.1) is 24.6 Å². The van der Waals surface area contributed by atoms with E-state index in [0.29, 0.717) is 10.8 Å². The molecule has 2 atom stereocenters. The topological polar surface area (TPSA) is 91.4 Å². The lowest BCUT2D eigenvalue weighted by molar-refractivity contribution is -0.0640. The lowest BCUT2D eigenvalue weighted by atomic mass is 10.0. The van der Waals surface area contributed by atoms with E-state index in [4.69, 9.17) is 34.5 Å². The predicted octanol–water partition coefficient (Wildman–Crippen LogP) is 2.72. The van der Waals surface area contributed by atoms with E-state index in [1.54, 1.807) is 24.3 Å². The minimum atomic E-state index is -4.12. The highest BCUT2D eigenvalue weighted by Crippen LogP contribution is 2.35. The summed E-state index contributed by atoms with van der Waals surface area (Å²) in [5.74, 6) is 0.369. The lowest BCUT2D eigenvalue weighted by Crippen LogP contribution is -2.48. The van der Waals surface area contributed by atoms with Gasteiger partial charge in [0.15, 0.2) is 0 Å². The molecular weight excluding hydrogens is 427 g/mol. The number of hydrogen-bond donors (Lipinski definition) is 2. The third-order valence-corrected chi connectivity index (χ3v) is 6.79. The molecule has 0 bridgehead atoms. The van der Waals surface area contributed by atoms with E-state index in [-0.39, 0.29) is 28.7 Å². The molecule has 2 N–H and O–H groups in total. The summed E-state index contributed by atoms with van der Waals surface area (Å²) >= 11 is 11.7. The molecule has 2 aromatic carbocycles. The van der Waals surface area contributed by atoms with Gasteiger partial charge in [0, 0.05) is 16.6 Å². The van der Waals surface area contributed by atoms with Crippen molar-refractivity contribution in [2.24, 2.45) is 0 Å². The normalized spacial score (nSPS) is 22.8. The van der Waals surface area contributed by atoms with Gasteiger partial charge in [-0.1, -0.05) is 29.3 Å². The number of nitrogens with zero attached hydrogens (tertiary/aromatic N) is 2. The van der Waals surface area contributed by atoms with Gasteiger partial charge >= 0.3 is 0 Å². The SMILES string of the molecule is [C-]#[N+]c1cc(Cl)ccc1S(=O)(=O)N1C[C@H](Oc2ccc(Cl)cc2)[C@@](O)(CO)C1. The zero-order valence-electron chi connectivity index (χ0n) is 14.4. The van der Waals surface area contributed by atoms with Gasteiger partial charge in [0.25, 0.3) is 0 Å². The molecule has 0 saturated carbocycles. The van der Waals surface area contributed by atoms with Crippen molar-refractivity contribution in [1.82, 2.24) is 4.31 Å². The average Bonchev–Trinajstić information content (AvgIpc) is 3.01. The fourth-order valence-electron chi connectivity index (χ4n) is 2.92. The number of sulfonamides is 1. The van der Waals surface area contributed by atoms with E-state index in [1.807, 2.05) is 0 Å². The van der Waals surface area contributed by atoms with Crippen LogP contribution in [0.25, 0.3) is 4.85 Å². The van der Waals surface area contributed by atoms with E-state index in [1.165, 1.54) is 18.2 Å². The quantitative estimate of drug-likeness (QED) is 0.694. The summed E-state index contributed by atoms with van der Waals surface area (Å²) < 4.78 is 32.8. The Kier molecular flexibility index (Phi) is 5.87. The molecule has 3 rings (SSSR count). The van der Waals surface area contributed by atoms with Crippen LogP contribution in [0.1, 0.15) is 0 Å². The Hall–Kier alpha value is -1.86. The van der Waals surface area contributed by atoms with Crippen molar-refractivity contribution in [2.75, 3.05) is 19.7 Å². The van der Waals surface area contributed by atoms with Crippen molar-refractivity contribution in [3.05, 3.63) is 63.9 Å². The van der Waals surface area contributed by atoms with Crippen LogP contribution in [-0.4, -0.2) is 54.3 Å². The molecule has 0 aromatic heterocycles. The van der Waals surface area contributed by atoms with Gasteiger partial charge < -0.3 is 14.9 Å². The Bertz CT molecular complexity index is 1020. The van der Waals surface area contributed by atoms with E-state index in [0.717, 1.165) is 4.31 Å². The van der Waals surface area contributed by atoms with E-state index in [2.05, 4.69) is 4.85 Å². The molecule has 0 radical (unpaired) electrons. The molecule has 1 heterocycles. The second kappa shape index (κ2) is 7.87. The molecule has 1 fully saturated rings. The van der Waals surface area contributed by atoms with Crippen molar-refractivity contribution < 1.29 is 23.4 Å². The van der Waals surface area contributed by atoms with Gasteiger partial charge in [-0.15, -0.1) is 0 Å². The van der Waals surface area contributed by atoms with Gasteiger partial charge in [-0.3, -0.25) is 0 Å². The molecule has 0 unspecified atom stereocenters. The molecule has 1 saturated heterocycles. The first-order valence-electron chi connectivity index (χ1n) is 8.12. The molecule has 7 nitrogen and oxygen atoms in total. The fourth-order valence-corrected chi connectivity index (χ4v) is 4.83. The summed E-state index contributed by atoms with van der Waals surface area (Å²) in [5.41, 5.74) is -1.93. The maximum Gasteiger partial charge on any atom is 0.233 e. The van der Waals surface area contributed by atoms with Crippen LogP contribution < -0.4 is 4.74 Å². The Morgan fingerprint density at radius 2 is 1.86 bits per heavy atom. The van der Waals surface area contributed by atoms with E-state index < -0.39 is 28.3 Å². The molecule has 2 aromatic rings. The highest BCUT2D eigenvalue weighted by atomic mass is 35.5. The van der Waals surface area contributed by atoms with Gasteiger partial charge in [0.2, 0.25) is 15.7 Å². The first kappa shape index (κ1) is 20.9. The maximum absolute atomic E-state index is 13.0. The molecule has 0 spiro atoms. The predicted molar refractivity (Wildman–Crippen MR) is 104 cm³/mol. The Morgan fingerprint density at radius 1 is 1.21 bits per heavy atom. The Balaban J connectivity index is 1.91. The van der Waals surface area contributed by atoms with Gasteiger partial charge in [-0.2, -0.15) is 4.31 Å². The first-order chi connectivity index (χ1) is 13.2. The highest BCUT2D eigenvalue weighted by Gasteiger charge is 2.51. The largest absolute Gasteiger partial charge is 0.486 e. The fraction of sp³-hybridized carbons (Fsp3) is 0.278. The Labute approximate surface area is 172 Å². The third kappa shape index (κ3) is 3.96. The number of benzene rings is 2. The number of aliphatic hydroxyl groups excluding tert-OH is 1. The van der Waals surface area contributed by atoms with Crippen molar-refractivity contribution in [1.29, 1.82) is 0 Å². The summed E-state index contributed by atoms with van der Waals surface area (Å²) in [4.78, 5) is 3.00. The van der Waals surface area contributed by atoms with Crippen LogP contribution >= 0.6 is 23.2 Å². The van der Waals surface area contributed by atoms with Crippen molar-refractivity contribution >= 4 is 38.9 Å². The van der Waals surface area contributed by atoms with Crippen molar-refractivity contribution in [3.63, 3.8) is 0 Å². The van der Waals surface area contributed by atoms with Crippen LogP contribution in [-0.2, 0) is 10.0 Å². The smallest absolute Gasteiger partial charge is 0.233 e.